The molecule has 1 atom stereocenters. The summed E-state index contributed by atoms with van der Waals surface area (Å²) in [5.41, 5.74) is -0.395. The van der Waals surface area contributed by atoms with Crippen LogP contribution in [0.4, 0.5) is 23.7 Å². The molecule has 1 fully saturated rings. The van der Waals surface area contributed by atoms with Gasteiger partial charge in [-0.15, -0.1) is 0 Å². The van der Waals surface area contributed by atoms with Crippen LogP contribution >= 0.6 is 0 Å². The standard InChI is InChI=1S/C27H33F3N2O5/c1-2-36-24(25(33)34)17-19-11-13-21(14-12-19)37-16-15-32(18-20-7-3-4-8-20)26(35)31-23-10-6-5-9-22(23)27(28,29)30/h5-6,9-14,20,24H,2-4,7-8,15-18H2,1H3,(H,31,35)(H,33,34). The van der Waals surface area contributed by atoms with E-state index in [0.29, 0.717) is 24.8 Å². The Morgan fingerprint density at radius 1 is 1.11 bits per heavy atom. The zero-order chi connectivity index (χ0) is 26.8. The van der Waals surface area contributed by atoms with Crippen molar-refractivity contribution in [1.29, 1.82) is 0 Å². The van der Waals surface area contributed by atoms with Crippen molar-refractivity contribution in [3.05, 3.63) is 59.7 Å². The number of amides is 2. The number of hydrogen-bond acceptors (Lipinski definition) is 4. The minimum absolute atomic E-state index is 0.150. The van der Waals surface area contributed by atoms with E-state index >= 15 is 0 Å². The van der Waals surface area contributed by atoms with Crippen molar-refractivity contribution < 1.29 is 37.3 Å². The summed E-state index contributed by atoms with van der Waals surface area (Å²) < 4.78 is 51.1. The molecule has 0 saturated heterocycles. The Balaban J connectivity index is 1.61. The van der Waals surface area contributed by atoms with Crippen LogP contribution in [0.15, 0.2) is 48.5 Å². The molecule has 37 heavy (non-hydrogen) atoms. The molecule has 7 nitrogen and oxygen atoms in total. The predicted octanol–water partition coefficient (Wildman–Crippen LogP) is 5.84. The van der Waals surface area contributed by atoms with Crippen LogP contribution in [0.1, 0.15) is 43.7 Å². The van der Waals surface area contributed by atoms with Gasteiger partial charge in [0.15, 0.2) is 6.10 Å². The molecule has 1 unspecified atom stereocenters. The summed E-state index contributed by atoms with van der Waals surface area (Å²) in [5.74, 6) is -0.188. The Bertz CT molecular complexity index is 1020. The number of carboxylic acids is 1. The fraction of sp³-hybridized carbons (Fsp3) is 0.481. The van der Waals surface area contributed by atoms with Gasteiger partial charge in [0.05, 0.1) is 17.8 Å². The molecule has 2 amide bonds. The molecule has 10 heteroatoms. The molecule has 0 spiro atoms. The van der Waals surface area contributed by atoms with Crippen LogP contribution in [0.3, 0.4) is 0 Å². The molecule has 2 N–H and O–H groups in total. The zero-order valence-corrected chi connectivity index (χ0v) is 20.8. The van der Waals surface area contributed by atoms with Crippen LogP contribution in [-0.4, -0.2) is 54.4 Å². The van der Waals surface area contributed by atoms with Crippen molar-refractivity contribution in [3.63, 3.8) is 0 Å². The number of halogens is 3. The number of nitrogens with zero attached hydrogens (tertiary/aromatic N) is 1. The van der Waals surface area contributed by atoms with Gasteiger partial charge < -0.3 is 24.8 Å². The highest BCUT2D eigenvalue weighted by atomic mass is 19.4. The average molecular weight is 523 g/mol. The molecular formula is C27H33F3N2O5. The van der Waals surface area contributed by atoms with Gasteiger partial charge in [-0.1, -0.05) is 37.1 Å². The molecule has 0 radical (unpaired) electrons. The van der Waals surface area contributed by atoms with Crippen molar-refractivity contribution >= 4 is 17.7 Å². The van der Waals surface area contributed by atoms with Crippen LogP contribution in [0.5, 0.6) is 5.75 Å². The van der Waals surface area contributed by atoms with Crippen LogP contribution in [0.2, 0.25) is 0 Å². The average Bonchev–Trinajstić information content (AvgIpc) is 3.37. The number of urea groups is 1. The highest BCUT2D eigenvalue weighted by Crippen LogP contribution is 2.35. The number of carbonyl (C=O) groups excluding carboxylic acids is 1. The first-order chi connectivity index (χ1) is 17.7. The molecule has 1 aliphatic rings. The van der Waals surface area contributed by atoms with E-state index in [0.717, 1.165) is 37.3 Å². The van der Waals surface area contributed by atoms with Crippen LogP contribution in [-0.2, 0) is 22.1 Å². The second-order valence-electron chi connectivity index (χ2n) is 9.05. The van der Waals surface area contributed by atoms with Gasteiger partial charge in [0.1, 0.15) is 12.4 Å². The fourth-order valence-corrected chi connectivity index (χ4v) is 4.44. The monoisotopic (exact) mass is 522 g/mol. The summed E-state index contributed by atoms with van der Waals surface area (Å²) >= 11 is 0. The van der Waals surface area contributed by atoms with Crippen LogP contribution in [0.25, 0.3) is 0 Å². The van der Waals surface area contributed by atoms with Gasteiger partial charge in [-0.3, -0.25) is 0 Å². The molecule has 2 aromatic carbocycles. The molecule has 0 bridgehead atoms. The topological polar surface area (TPSA) is 88.1 Å². The maximum Gasteiger partial charge on any atom is 0.418 e. The van der Waals surface area contributed by atoms with Gasteiger partial charge in [-0.05, 0) is 55.5 Å². The summed E-state index contributed by atoms with van der Waals surface area (Å²) in [6, 6.07) is 11.2. The SMILES string of the molecule is CCOC(Cc1ccc(OCCN(CC2CCCC2)C(=O)Nc2ccccc2C(F)(F)F)cc1)C(=O)O. The van der Waals surface area contributed by atoms with E-state index in [-0.39, 0.29) is 25.3 Å². The summed E-state index contributed by atoms with van der Waals surface area (Å²) in [6.07, 6.45) is -1.19. The van der Waals surface area contributed by atoms with Crippen molar-refractivity contribution in [2.75, 3.05) is 31.6 Å². The number of ether oxygens (including phenoxy) is 2. The van der Waals surface area contributed by atoms with E-state index in [1.807, 2.05) is 0 Å². The number of anilines is 1. The first-order valence-corrected chi connectivity index (χ1v) is 12.5. The number of nitrogens with one attached hydrogen (secondary N) is 1. The Morgan fingerprint density at radius 3 is 2.41 bits per heavy atom. The maximum atomic E-state index is 13.4. The number of carboxylic acid groups (broad SMARTS) is 1. The Labute approximate surface area is 214 Å². The van der Waals surface area contributed by atoms with Crippen LogP contribution in [0, 0.1) is 5.92 Å². The first-order valence-electron chi connectivity index (χ1n) is 12.5. The lowest BCUT2D eigenvalue weighted by Gasteiger charge is -2.27. The Kier molecular flexibility index (Phi) is 10.2. The van der Waals surface area contributed by atoms with Crippen molar-refractivity contribution in [2.24, 2.45) is 5.92 Å². The van der Waals surface area contributed by atoms with E-state index < -0.39 is 29.8 Å². The highest BCUT2D eigenvalue weighted by molar-refractivity contribution is 5.90. The fourth-order valence-electron chi connectivity index (χ4n) is 4.44. The van der Waals surface area contributed by atoms with E-state index in [1.54, 1.807) is 31.2 Å². The number of benzene rings is 2. The molecule has 3 rings (SSSR count). The van der Waals surface area contributed by atoms with Gasteiger partial charge in [0, 0.05) is 19.6 Å². The zero-order valence-electron chi connectivity index (χ0n) is 20.8. The summed E-state index contributed by atoms with van der Waals surface area (Å²) in [5, 5.41) is 11.7. The van der Waals surface area contributed by atoms with Gasteiger partial charge in [0.2, 0.25) is 0 Å². The van der Waals surface area contributed by atoms with Gasteiger partial charge in [0.25, 0.3) is 0 Å². The minimum atomic E-state index is -4.58. The second kappa shape index (κ2) is 13.3. The van der Waals surface area contributed by atoms with Gasteiger partial charge in [-0.25, -0.2) is 9.59 Å². The quantitative estimate of drug-likeness (QED) is 0.366. The normalized spacial score (nSPS) is 14.8. The number of rotatable bonds is 12. The van der Waals surface area contributed by atoms with Crippen LogP contribution < -0.4 is 10.1 Å². The maximum absolute atomic E-state index is 13.4. The van der Waals surface area contributed by atoms with Gasteiger partial charge in [-0.2, -0.15) is 13.2 Å². The predicted molar refractivity (Wildman–Crippen MR) is 133 cm³/mol. The van der Waals surface area contributed by atoms with Gasteiger partial charge >= 0.3 is 18.2 Å². The molecule has 0 aromatic heterocycles. The second-order valence-corrected chi connectivity index (χ2v) is 9.05. The number of para-hydroxylation sites is 1. The smallest absolute Gasteiger partial charge is 0.418 e. The summed E-state index contributed by atoms with van der Waals surface area (Å²) in [7, 11) is 0. The number of aliphatic carboxylic acids is 1. The molecule has 0 aliphatic heterocycles. The third-order valence-corrected chi connectivity index (χ3v) is 6.33. The lowest BCUT2D eigenvalue weighted by Crippen LogP contribution is -2.41. The van der Waals surface area contributed by atoms with E-state index in [4.69, 9.17) is 9.47 Å². The Morgan fingerprint density at radius 2 is 1.78 bits per heavy atom. The lowest BCUT2D eigenvalue weighted by atomic mass is 10.1. The molecule has 202 valence electrons. The number of hydrogen-bond donors (Lipinski definition) is 2. The molecule has 1 saturated carbocycles. The van der Waals surface area contributed by atoms with Crippen molar-refractivity contribution in [1.82, 2.24) is 4.90 Å². The molecule has 1 aliphatic carbocycles. The van der Waals surface area contributed by atoms with E-state index in [9.17, 15) is 27.9 Å². The molecule has 0 heterocycles. The largest absolute Gasteiger partial charge is 0.492 e. The Hall–Kier alpha value is -3.27. The highest BCUT2D eigenvalue weighted by Gasteiger charge is 2.34. The van der Waals surface area contributed by atoms with E-state index in [1.165, 1.54) is 23.1 Å². The lowest BCUT2D eigenvalue weighted by molar-refractivity contribution is -0.150. The minimum Gasteiger partial charge on any atom is -0.492 e. The third kappa shape index (κ3) is 8.66. The van der Waals surface area contributed by atoms with Crippen molar-refractivity contribution in [2.45, 2.75) is 51.3 Å². The van der Waals surface area contributed by atoms with Crippen molar-refractivity contribution in [3.8, 4) is 5.75 Å². The first kappa shape index (κ1) is 28.3. The third-order valence-electron chi connectivity index (χ3n) is 6.33. The number of carbonyl (C=O) groups is 2. The summed E-state index contributed by atoms with van der Waals surface area (Å²) in [4.78, 5) is 25.8. The number of alkyl halides is 3. The summed E-state index contributed by atoms with van der Waals surface area (Å²) in [6.45, 7) is 2.82. The molecule has 2 aromatic rings. The van der Waals surface area contributed by atoms with E-state index in [2.05, 4.69) is 5.32 Å². The molecular weight excluding hydrogens is 489 g/mol.